The first-order chi connectivity index (χ1) is 5.20. The maximum atomic E-state index is 10.2. The van der Waals surface area contributed by atoms with Gasteiger partial charge in [0.05, 0.1) is 0 Å². The summed E-state index contributed by atoms with van der Waals surface area (Å²) < 4.78 is 0. The second-order valence-corrected chi connectivity index (χ2v) is 2.25. The van der Waals surface area contributed by atoms with Crippen LogP contribution in [-0.2, 0) is 4.79 Å². The summed E-state index contributed by atoms with van der Waals surface area (Å²) in [5.41, 5.74) is 4.48. The van der Waals surface area contributed by atoms with E-state index in [2.05, 4.69) is 5.73 Å². The summed E-state index contributed by atoms with van der Waals surface area (Å²) in [5.74, 6) is -0.919. The molecule has 0 atom stereocenters. The molecule has 0 saturated carbocycles. The average molecular weight is 148 g/mol. The smallest absolute Gasteiger partial charge is 0.328 e. The van der Waals surface area contributed by atoms with Crippen LogP contribution in [0.2, 0.25) is 0 Å². The summed E-state index contributed by atoms with van der Waals surface area (Å²) in [5, 5.41) is 8.39. The molecule has 0 saturated heterocycles. The fourth-order valence-corrected chi connectivity index (χ4v) is 0.839. The Balaban J connectivity index is 2.85. The number of hydrogen-bond acceptors (Lipinski definition) is 1. The summed E-state index contributed by atoms with van der Waals surface area (Å²) in [4.78, 5) is 10.2. The highest BCUT2D eigenvalue weighted by molar-refractivity contribution is 5.81. The largest absolute Gasteiger partial charge is 0.478 e. The minimum atomic E-state index is -0.919. The number of carboxylic acid groups (broad SMARTS) is 1. The van der Waals surface area contributed by atoms with Gasteiger partial charge in [-0.2, -0.15) is 0 Å². The Labute approximate surface area is 64.9 Å². The standard InChI is InChI=1S/C9H8O2/c1-7(6-9(10)11)8-4-2-3-5-8/h2-4,6H,1H3,(H,10,11)/b7-6-. The monoisotopic (exact) mass is 148 g/mol. The SMILES string of the molecule is C/C(=C/C(=O)O)C1=C=CC=C1. The molecular weight excluding hydrogens is 140 g/mol. The lowest BCUT2D eigenvalue weighted by molar-refractivity contribution is -0.131. The predicted octanol–water partition coefficient (Wildman–Crippen LogP) is 1.67. The van der Waals surface area contributed by atoms with Crippen LogP contribution in [0.3, 0.4) is 0 Å². The van der Waals surface area contributed by atoms with Gasteiger partial charge in [0, 0.05) is 11.6 Å². The fraction of sp³-hybridized carbons (Fsp3) is 0.111. The van der Waals surface area contributed by atoms with Crippen LogP contribution in [0.25, 0.3) is 0 Å². The summed E-state index contributed by atoms with van der Waals surface area (Å²) >= 11 is 0. The van der Waals surface area contributed by atoms with E-state index < -0.39 is 5.97 Å². The van der Waals surface area contributed by atoms with Gasteiger partial charge in [-0.25, -0.2) is 4.79 Å². The molecule has 0 amide bonds. The quantitative estimate of drug-likeness (QED) is 0.477. The third-order valence-corrected chi connectivity index (χ3v) is 1.36. The molecule has 11 heavy (non-hydrogen) atoms. The van der Waals surface area contributed by atoms with Crippen molar-refractivity contribution >= 4 is 5.97 Å². The molecule has 1 aliphatic carbocycles. The van der Waals surface area contributed by atoms with E-state index in [-0.39, 0.29) is 0 Å². The van der Waals surface area contributed by atoms with Gasteiger partial charge >= 0.3 is 5.97 Å². The van der Waals surface area contributed by atoms with Gasteiger partial charge in [0.25, 0.3) is 0 Å². The Morgan fingerprint density at radius 3 is 2.91 bits per heavy atom. The minimum Gasteiger partial charge on any atom is -0.478 e. The molecule has 0 aromatic heterocycles. The second-order valence-electron chi connectivity index (χ2n) is 2.25. The van der Waals surface area contributed by atoms with Gasteiger partial charge < -0.3 is 5.11 Å². The highest BCUT2D eigenvalue weighted by Crippen LogP contribution is 2.12. The lowest BCUT2D eigenvalue weighted by Crippen LogP contribution is -1.90. The summed E-state index contributed by atoms with van der Waals surface area (Å²) in [6.45, 7) is 1.75. The van der Waals surface area contributed by atoms with Crippen LogP contribution in [0.15, 0.2) is 41.2 Å². The third kappa shape index (κ3) is 1.95. The maximum Gasteiger partial charge on any atom is 0.328 e. The van der Waals surface area contributed by atoms with Crippen LogP contribution in [0.5, 0.6) is 0 Å². The molecule has 0 bridgehead atoms. The van der Waals surface area contributed by atoms with Crippen molar-refractivity contribution in [3.63, 3.8) is 0 Å². The summed E-state index contributed by atoms with van der Waals surface area (Å²) in [6.07, 6.45) is 6.59. The molecule has 56 valence electrons. The molecule has 0 aliphatic heterocycles. The van der Waals surface area contributed by atoms with Crippen molar-refractivity contribution in [3.05, 3.63) is 41.2 Å². The average Bonchev–Trinajstić information content (AvgIpc) is 2.35. The first kappa shape index (κ1) is 7.58. The Kier molecular flexibility index (Phi) is 2.09. The van der Waals surface area contributed by atoms with Gasteiger partial charge in [0.1, 0.15) is 0 Å². The van der Waals surface area contributed by atoms with Gasteiger partial charge in [0.2, 0.25) is 0 Å². The van der Waals surface area contributed by atoms with Crippen LogP contribution in [0, 0.1) is 0 Å². The fourth-order valence-electron chi connectivity index (χ4n) is 0.839. The molecule has 1 rings (SSSR count). The third-order valence-electron chi connectivity index (χ3n) is 1.36. The van der Waals surface area contributed by atoms with Gasteiger partial charge in [0.15, 0.2) is 0 Å². The Bertz CT molecular complexity index is 300. The Hall–Kier alpha value is -1.53. The zero-order valence-corrected chi connectivity index (χ0v) is 6.16. The zero-order valence-electron chi connectivity index (χ0n) is 6.16. The molecule has 0 fully saturated rings. The van der Waals surface area contributed by atoms with Gasteiger partial charge in [-0.15, -0.1) is 5.73 Å². The maximum absolute atomic E-state index is 10.2. The normalized spacial score (nSPS) is 15.4. The van der Waals surface area contributed by atoms with Crippen LogP contribution >= 0.6 is 0 Å². The Morgan fingerprint density at radius 2 is 2.45 bits per heavy atom. The van der Waals surface area contributed by atoms with Gasteiger partial charge in [-0.3, -0.25) is 0 Å². The van der Waals surface area contributed by atoms with Crippen molar-refractivity contribution < 1.29 is 9.90 Å². The zero-order chi connectivity index (χ0) is 8.27. The van der Waals surface area contributed by atoms with Gasteiger partial charge in [-0.1, -0.05) is 6.08 Å². The number of aliphatic carboxylic acids is 1. The van der Waals surface area contributed by atoms with Gasteiger partial charge in [-0.05, 0) is 24.6 Å². The number of carboxylic acids is 1. The first-order valence-electron chi connectivity index (χ1n) is 3.25. The molecular formula is C9H8O2. The van der Waals surface area contributed by atoms with E-state index in [0.717, 1.165) is 11.1 Å². The minimum absolute atomic E-state index is 0.725. The molecule has 1 aliphatic rings. The van der Waals surface area contributed by atoms with Crippen molar-refractivity contribution in [3.8, 4) is 0 Å². The molecule has 0 aromatic rings. The van der Waals surface area contributed by atoms with E-state index in [9.17, 15) is 4.79 Å². The molecule has 2 nitrogen and oxygen atoms in total. The van der Waals surface area contributed by atoms with Crippen molar-refractivity contribution in [2.24, 2.45) is 0 Å². The van der Waals surface area contributed by atoms with Crippen LogP contribution in [-0.4, -0.2) is 11.1 Å². The van der Waals surface area contributed by atoms with E-state index in [0.29, 0.717) is 0 Å². The molecule has 0 heterocycles. The van der Waals surface area contributed by atoms with E-state index >= 15 is 0 Å². The van der Waals surface area contributed by atoms with E-state index in [1.54, 1.807) is 13.0 Å². The molecule has 0 spiro atoms. The van der Waals surface area contributed by atoms with Crippen molar-refractivity contribution in [1.29, 1.82) is 0 Å². The number of allylic oxidation sites excluding steroid dienone is 4. The molecule has 0 aromatic carbocycles. The molecule has 0 radical (unpaired) electrons. The Morgan fingerprint density at radius 1 is 1.73 bits per heavy atom. The van der Waals surface area contributed by atoms with E-state index in [4.69, 9.17) is 5.11 Å². The highest BCUT2D eigenvalue weighted by atomic mass is 16.4. The molecule has 2 heteroatoms. The van der Waals surface area contributed by atoms with Crippen molar-refractivity contribution in [1.82, 2.24) is 0 Å². The number of rotatable bonds is 2. The van der Waals surface area contributed by atoms with Crippen molar-refractivity contribution in [2.75, 3.05) is 0 Å². The van der Waals surface area contributed by atoms with E-state index in [1.165, 1.54) is 6.08 Å². The number of carbonyl (C=O) groups is 1. The van der Waals surface area contributed by atoms with Crippen LogP contribution < -0.4 is 0 Å². The lowest BCUT2D eigenvalue weighted by atomic mass is 10.1. The van der Waals surface area contributed by atoms with Crippen LogP contribution in [0.4, 0.5) is 0 Å². The van der Waals surface area contributed by atoms with Crippen molar-refractivity contribution in [2.45, 2.75) is 6.92 Å². The second kappa shape index (κ2) is 3.04. The summed E-state index contributed by atoms with van der Waals surface area (Å²) in [7, 11) is 0. The van der Waals surface area contributed by atoms with Crippen LogP contribution in [0.1, 0.15) is 6.92 Å². The predicted molar refractivity (Wildman–Crippen MR) is 42.1 cm³/mol. The highest BCUT2D eigenvalue weighted by Gasteiger charge is 1.99. The topological polar surface area (TPSA) is 37.3 Å². The molecule has 0 unspecified atom stereocenters. The first-order valence-corrected chi connectivity index (χ1v) is 3.25. The molecule has 1 N–H and O–H groups in total. The lowest BCUT2D eigenvalue weighted by Gasteiger charge is -1.93. The van der Waals surface area contributed by atoms with E-state index in [1.807, 2.05) is 12.2 Å². The summed E-state index contributed by atoms with van der Waals surface area (Å²) in [6, 6.07) is 0. The number of hydrogen-bond donors (Lipinski definition) is 1.